The average molecular weight is 397 g/mol. The van der Waals surface area contributed by atoms with Gasteiger partial charge in [0, 0.05) is 12.2 Å². The van der Waals surface area contributed by atoms with Gasteiger partial charge in [0.05, 0.1) is 6.10 Å². The van der Waals surface area contributed by atoms with Gasteiger partial charge in [-0.15, -0.1) is 0 Å². The van der Waals surface area contributed by atoms with Crippen molar-refractivity contribution in [3.05, 3.63) is 95.6 Å². The first kappa shape index (κ1) is 20.8. The van der Waals surface area contributed by atoms with Gasteiger partial charge in [0.1, 0.15) is 17.4 Å². The lowest BCUT2D eigenvalue weighted by molar-refractivity contribution is 0.157. The molecule has 0 saturated heterocycles. The highest BCUT2D eigenvalue weighted by Crippen LogP contribution is 2.24. The van der Waals surface area contributed by atoms with Crippen molar-refractivity contribution in [3.63, 3.8) is 0 Å². The average Bonchev–Trinajstić information content (AvgIpc) is 2.73. The van der Waals surface area contributed by atoms with Gasteiger partial charge in [0.25, 0.3) is 0 Å². The van der Waals surface area contributed by atoms with Gasteiger partial charge >= 0.3 is 0 Å². The third-order valence-electron chi connectivity index (χ3n) is 5.00. The van der Waals surface area contributed by atoms with Gasteiger partial charge in [-0.3, -0.25) is 0 Å². The van der Waals surface area contributed by atoms with Crippen LogP contribution < -0.4 is 5.32 Å². The maximum Gasteiger partial charge on any atom is 0.123 e. The molecule has 0 aromatic heterocycles. The van der Waals surface area contributed by atoms with Crippen LogP contribution in [0.25, 0.3) is 0 Å². The Morgan fingerprint density at radius 3 is 1.97 bits per heavy atom. The first-order valence-electron chi connectivity index (χ1n) is 9.70. The lowest BCUT2D eigenvalue weighted by Gasteiger charge is -2.20. The third kappa shape index (κ3) is 6.57. The van der Waals surface area contributed by atoms with Crippen LogP contribution in [0.1, 0.15) is 30.1 Å². The Hall–Kier alpha value is -2.92. The summed E-state index contributed by atoms with van der Waals surface area (Å²) in [5.41, 5.74) is 2.62. The molecule has 0 aliphatic heterocycles. The Morgan fingerprint density at radius 1 is 0.759 bits per heavy atom. The lowest BCUT2D eigenvalue weighted by atomic mass is 9.91. The number of hydrogen-bond donors (Lipinski definition) is 3. The molecule has 0 spiro atoms. The number of aromatic hydroxyl groups is 1. The van der Waals surface area contributed by atoms with E-state index in [1.165, 1.54) is 24.3 Å². The van der Waals surface area contributed by atoms with Crippen molar-refractivity contribution >= 4 is 5.69 Å². The second kappa shape index (κ2) is 10.0. The van der Waals surface area contributed by atoms with E-state index in [0.717, 1.165) is 24.1 Å². The summed E-state index contributed by atoms with van der Waals surface area (Å²) in [4.78, 5) is 0. The van der Waals surface area contributed by atoms with Gasteiger partial charge in [0.15, 0.2) is 0 Å². The Bertz CT molecular complexity index is 880. The van der Waals surface area contributed by atoms with Crippen molar-refractivity contribution in [2.75, 3.05) is 11.9 Å². The first-order chi connectivity index (χ1) is 14.0. The number of aliphatic hydroxyl groups is 1. The van der Waals surface area contributed by atoms with Gasteiger partial charge in [-0.1, -0.05) is 24.3 Å². The Balaban J connectivity index is 1.63. The van der Waals surface area contributed by atoms with Gasteiger partial charge in [-0.05, 0) is 84.8 Å². The second-order valence-corrected chi connectivity index (χ2v) is 7.27. The zero-order valence-electron chi connectivity index (χ0n) is 16.1. The lowest BCUT2D eigenvalue weighted by Crippen LogP contribution is -2.18. The summed E-state index contributed by atoms with van der Waals surface area (Å²) < 4.78 is 26.2. The van der Waals surface area contributed by atoms with Gasteiger partial charge in [0.2, 0.25) is 0 Å². The van der Waals surface area contributed by atoms with E-state index in [1.54, 1.807) is 36.4 Å². The van der Waals surface area contributed by atoms with Crippen molar-refractivity contribution in [2.24, 2.45) is 5.92 Å². The highest BCUT2D eigenvalue weighted by atomic mass is 19.1. The molecule has 0 unspecified atom stereocenters. The summed E-state index contributed by atoms with van der Waals surface area (Å²) in [7, 11) is 0. The smallest absolute Gasteiger partial charge is 0.123 e. The molecule has 3 N–H and O–H groups in total. The monoisotopic (exact) mass is 397 g/mol. The number of halogens is 2. The van der Waals surface area contributed by atoms with Crippen LogP contribution in [0.3, 0.4) is 0 Å². The van der Waals surface area contributed by atoms with Crippen LogP contribution >= 0.6 is 0 Å². The predicted octanol–water partition coefficient (Wildman–Crippen LogP) is 5.46. The molecule has 3 nitrogen and oxygen atoms in total. The molecule has 2 atom stereocenters. The fourth-order valence-corrected chi connectivity index (χ4v) is 3.32. The maximum absolute atomic E-state index is 13.1. The van der Waals surface area contributed by atoms with E-state index in [-0.39, 0.29) is 23.3 Å². The zero-order chi connectivity index (χ0) is 20.6. The molecule has 3 aromatic carbocycles. The summed E-state index contributed by atoms with van der Waals surface area (Å²) in [6.07, 6.45) is 1.39. The van der Waals surface area contributed by atoms with Gasteiger partial charge in [-0.25, -0.2) is 8.78 Å². The van der Waals surface area contributed by atoms with Crippen LogP contribution in [0.2, 0.25) is 0 Å². The minimum atomic E-state index is -0.663. The molecular formula is C24H25F2NO2. The second-order valence-electron chi connectivity index (χ2n) is 7.27. The molecule has 0 radical (unpaired) electrons. The van der Waals surface area contributed by atoms with E-state index in [0.29, 0.717) is 18.5 Å². The topological polar surface area (TPSA) is 52.5 Å². The normalized spacial score (nSPS) is 13.1. The molecule has 29 heavy (non-hydrogen) atoms. The Labute approximate surface area is 169 Å². The summed E-state index contributed by atoms with van der Waals surface area (Å²) in [5, 5.41) is 23.3. The number of anilines is 1. The first-order valence-corrected chi connectivity index (χ1v) is 9.70. The van der Waals surface area contributed by atoms with Crippen LogP contribution in [-0.4, -0.2) is 16.8 Å². The third-order valence-corrected chi connectivity index (χ3v) is 5.00. The predicted molar refractivity (Wildman–Crippen MR) is 111 cm³/mol. The van der Waals surface area contributed by atoms with Crippen LogP contribution in [0, 0.1) is 17.6 Å². The van der Waals surface area contributed by atoms with Crippen molar-refractivity contribution in [1.29, 1.82) is 0 Å². The number of phenolic OH excluding ortho intramolecular Hbond substituents is 1. The molecule has 0 fully saturated rings. The maximum atomic E-state index is 13.1. The molecule has 152 valence electrons. The van der Waals surface area contributed by atoms with E-state index < -0.39 is 6.10 Å². The minimum absolute atomic E-state index is 0.208. The van der Waals surface area contributed by atoms with Crippen LogP contribution in [-0.2, 0) is 6.42 Å². The number of rotatable bonds is 9. The van der Waals surface area contributed by atoms with E-state index in [9.17, 15) is 19.0 Å². The number of benzene rings is 3. The van der Waals surface area contributed by atoms with E-state index in [1.807, 2.05) is 12.1 Å². The van der Waals surface area contributed by atoms with Crippen molar-refractivity contribution in [1.82, 2.24) is 0 Å². The Morgan fingerprint density at radius 2 is 1.34 bits per heavy atom. The number of phenols is 1. The summed E-state index contributed by atoms with van der Waals surface area (Å²) >= 11 is 0. The van der Waals surface area contributed by atoms with Crippen molar-refractivity contribution in [2.45, 2.75) is 25.4 Å². The number of nitrogens with one attached hydrogen (secondary N) is 1. The highest BCUT2D eigenvalue weighted by Gasteiger charge is 2.15. The summed E-state index contributed by atoms with van der Waals surface area (Å²) in [6, 6.07) is 19.2. The van der Waals surface area contributed by atoms with Crippen molar-refractivity contribution < 1.29 is 19.0 Å². The van der Waals surface area contributed by atoms with Gasteiger partial charge < -0.3 is 15.5 Å². The molecule has 5 heteroatoms. The number of hydrogen-bond acceptors (Lipinski definition) is 3. The van der Waals surface area contributed by atoms with E-state index in [2.05, 4.69) is 5.32 Å². The largest absolute Gasteiger partial charge is 0.508 e. The van der Waals surface area contributed by atoms with Crippen LogP contribution in [0.15, 0.2) is 72.8 Å². The molecule has 0 bridgehead atoms. The summed E-state index contributed by atoms with van der Waals surface area (Å²) in [6.45, 7) is 0.655. The summed E-state index contributed by atoms with van der Waals surface area (Å²) in [5.74, 6) is -0.172. The fourth-order valence-electron chi connectivity index (χ4n) is 3.32. The minimum Gasteiger partial charge on any atom is -0.508 e. The molecule has 0 heterocycles. The molecule has 3 aromatic rings. The van der Waals surface area contributed by atoms with Crippen LogP contribution in [0.5, 0.6) is 5.75 Å². The fraction of sp³-hybridized carbons (Fsp3) is 0.250. The van der Waals surface area contributed by atoms with E-state index >= 15 is 0 Å². The molecule has 0 amide bonds. The molecule has 0 saturated carbocycles. The zero-order valence-corrected chi connectivity index (χ0v) is 16.1. The Kier molecular flexibility index (Phi) is 7.19. The SMILES string of the molecule is Oc1ccc(C[C@@H](CC[C@H](O)c2ccc(F)cc2)CNc2ccc(F)cc2)cc1. The molecule has 3 rings (SSSR count). The quantitative estimate of drug-likeness (QED) is 0.450. The molecule has 0 aliphatic rings. The van der Waals surface area contributed by atoms with Gasteiger partial charge in [-0.2, -0.15) is 0 Å². The highest BCUT2D eigenvalue weighted by molar-refractivity contribution is 5.42. The number of aliphatic hydroxyl groups excluding tert-OH is 1. The van der Waals surface area contributed by atoms with Crippen LogP contribution in [0.4, 0.5) is 14.5 Å². The molecular weight excluding hydrogens is 372 g/mol. The standard InChI is InChI=1S/C24H25F2NO2/c25-20-6-4-19(5-7-20)24(29)14-3-18(15-17-1-12-23(28)13-2-17)16-27-22-10-8-21(26)9-11-22/h1-2,4-13,18,24,27-29H,3,14-16H2/t18-,24+/m1/s1. The molecule has 0 aliphatic carbocycles. The van der Waals surface area contributed by atoms with E-state index in [4.69, 9.17) is 0 Å². The van der Waals surface area contributed by atoms with Crippen molar-refractivity contribution in [3.8, 4) is 5.75 Å².